The zero-order valence-corrected chi connectivity index (χ0v) is 17.1. The van der Waals surface area contributed by atoms with E-state index >= 15 is 0 Å². The fourth-order valence-corrected chi connectivity index (χ4v) is 6.82. The zero-order chi connectivity index (χ0) is 16.9. The van der Waals surface area contributed by atoms with Crippen LogP contribution >= 0.6 is 0 Å². The van der Waals surface area contributed by atoms with E-state index in [0.717, 1.165) is 11.0 Å². The molecule has 0 bridgehead atoms. The second-order valence-corrected chi connectivity index (χ2v) is 9.73. The molecule has 0 saturated heterocycles. The summed E-state index contributed by atoms with van der Waals surface area (Å²) in [5.41, 5.74) is 1.68. The van der Waals surface area contributed by atoms with Gasteiger partial charge in [0.1, 0.15) is 0 Å². The Hall–Kier alpha value is -1.60. The molecule has 0 heterocycles. The molecule has 4 rings (SSSR count). The summed E-state index contributed by atoms with van der Waals surface area (Å²) in [6.07, 6.45) is 0. The van der Waals surface area contributed by atoms with Gasteiger partial charge in [-0.05, 0) is 0 Å². The van der Waals surface area contributed by atoms with E-state index in [1.165, 1.54) is 30.5 Å². The summed E-state index contributed by atoms with van der Waals surface area (Å²) in [6.45, 7) is 0. The second kappa shape index (κ2) is 8.19. The van der Waals surface area contributed by atoms with Gasteiger partial charge in [0.05, 0.1) is 0 Å². The monoisotopic (exact) mass is 458 g/mol. The van der Waals surface area contributed by atoms with Gasteiger partial charge in [0.15, 0.2) is 0 Å². The third-order valence-corrected chi connectivity index (χ3v) is 8.09. The Bertz CT molecular complexity index is 905. The van der Waals surface area contributed by atoms with Crippen LogP contribution in [0.4, 0.5) is 0 Å². The number of fused-ring (bicyclic) bond motifs is 2. The molecule has 1 nitrogen and oxygen atoms in total. The minimum absolute atomic E-state index is 0.357. The molecule has 3 heteroatoms. The zero-order valence-electron chi connectivity index (χ0n) is 13.7. The minimum atomic E-state index is 0.357. The normalized spacial score (nSPS) is 11.2. The van der Waals surface area contributed by atoms with E-state index in [2.05, 4.69) is 84.9 Å². The first-order valence-electron chi connectivity index (χ1n) is 8.21. The molecule has 0 aliphatic rings. The molecule has 0 unspecified atom stereocenters. The number of benzene rings is 4. The van der Waals surface area contributed by atoms with Crippen LogP contribution in [0.25, 0.3) is 21.5 Å². The van der Waals surface area contributed by atoms with Crippen molar-refractivity contribution in [1.82, 2.24) is 0 Å². The molecule has 0 amide bonds. The van der Waals surface area contributed by atoms with Crippen molar-refractivity contribution in [2.75, 3.05) is 11.0 Å². The SMILES string of the molecule is c1ccc2c([Se]COC[Se]c3cccc4ccccc34)cccc2c1. The van der Waals surface area contributed by atoms with Crippen molar-refractivity contribution in [3.05, 3.63) is 84.9 Å². The third kappa shape index (κ3) is 3.98. The quantitative estimate of drug-likeness (QED) is 0.320. The van der Waals surface area contributed by atoms with Crippen LogP contribution in [-0.2, 0) is 4.74 Å². The van der Waals surface area contributed by atoms with E-state index in [1.54, 1.807) is 0 Å². The van der Waals surface area contributed by atoms with E-state index in [9.17, 15) is 0 Å². The molecule has 0 aliphatic heterocycles. The predicted molar refractivity (Wildman–Crippen MR) is 109 cm³/mol. The number of rotatable bonds is 6. The first kappa shape index (κ1) is 16.8. The summed E-state index contributed by atoms with van der Waals surface area (Å²) in [5, 5.41) is 5.38. The van der Waals surface area contributed by atoms with Crippen LogP contribution in [0.1, 0.15) is 0 Å². The molecule has 0 saturated carbocycles. The molecule has 124 valence electrons. The Kier molecular flexibility index (Phi) is 5.52. The fourth-order valence-electron chi connectivity index (χ4n) is 2.89. The van der Waals surface area contributed by atoms with Crippen LogP contribution in [-0.4, -0.2) is 40.9 Å². The van der Waals surface area contributed by atoms with Crippen molar-refractivity contribution in [2.24, 2.45) is 0 Å². The summed E-state index contributed by atoms with van der Waals surface area (Å²) in [5.74, 6) is 0. The van der Waals surface area contributed by atoms with E-state index < -0.39 is 0 Å². The van der Waals surface area contributed by atoms with E-state index in [1.807, 2.05) is 0 Å². The van der Waals surface area contributed by atoms with Gasteiger partial charge in [0, 0.05) is 0 Å². The molecule has 4 aromatic carbocycles. The summed E-state index contributed by atoms with van der Waals surface area (Å²) in [6, 6.07) is 30.4. The van der Waals surface area contributed by atoms with Crippen molar-refractivity contribution in [3.63, 3.8) is 0 Å². The van der Waals surface area contributed by atoms with Gasteiger partial charge in [0.25, 0.3) is 0 Å². The van der Waals surface area contributed by atoms with Gasteiger partial charge in [-0.1, -0.05) is 0 Å². The second-order valence-electron chi connectivity index (χ2n) is 5.68. The summed E-state index contributed by atoms with van der Waals surface area (Å²) < 4.78 is 8.86. The van der Waals surface area contributed by atoms with Crippen LogP contribution < -0.4 is 8.92 Å². The fraction of sp³-hybridized carbons (Fsp3) is 0.0909. The molecular formula is C22H18OSe2. The van der Waals surface area contributed by atoms with Crippen molar-refractivity contribution >= 4 is 60.4 Å². The van der Waals surface area contributed by atoms with E-state index in [-0.39, 0.29) is 0 Å². The van der Waals surface area contributed by atoms with Crippen LogP contribution in [0.5, 0.6) is 0 Å². The van der Waals surface area contributed by atoms with Crippen LogP contribution in [0.3, 0.4) is 0 Å². The van der Waals surface area contributed by atoms with E-state index in [4.69, 9.17) is 4.74 Å². The van der Waals surface area contributed by atoms with Crippen molar-refractivity contribution in [3.8, 4) is 0 Å². The Balaban J connectivity index is 1.35. The van der Waals surface area contributed by atoms with Crippen molar-refractivity contribution < 1.29 is 4.74 Å². The maximum absolute atomic E-state index is 5.99. The van der Waals surface area contributed by atoms with Gasteiger partial charge in [-0.2, -0.15) is 0 Å². The van der Waals surface area contributed by atoms with Gasteiger partial charge in [-0.15, -0.1) is 0 Å². The average molecular weight is 456 g/mol. The van der Waals surface area contributed by atoms with Gasteiger partial charge in [-0.3, -0.25) is 0 Å². The standard InChI is InChI=1S/C22H18OSe2/c1-3-11-19-17(7-1)9-5-13-21(19)24-15-23-16-25-22-14-6-10-18-8-2-4-12-20(18)22/h1-14H,15-16H2. The number of hydrogen-bond acceptors (Lipinski definition) is 1. The molecule has 0 aliphatic carbocycles. The Morgan fingerprint density at radius 1 is 0.520 bits per heavy atom. The number of hydrogen-bond donors (Lipinski definition) is 0. The van der Waals surface area contributed by atoms with Gasteiger partial charge < -0.3 is 0 Å². The molecule has 0 aromatic heterocycles. The Morgan fingerprint density at radius 3 is 1.48 bits per heavy atom. The molecule has 25 heavy (non-hydrogen) atoms. The van der Waals surface area contributed by atoms with Crippen molar-refractivity contribution in [1.29, 1.82) is 0 Å². The van der Waals surface area contributed by atoms with Gasteiger partial charge >= 0.3 is 161 Å². The first-order valence-corrected chi connectivity index (χ1v) is 12.3. The molecule has 0 atom stereocenters. The average Bonchev–Trinajstić information content (AvgIpc) is 2.68. The molecule has 0 radical (unpaired) electrons. The Morgan fingerprint density at radius 2 is 0.960 bits per heavy atom. The van der Waals surface area contributed by atoms with Gasteiger partial charge in [-0.25, -0.2) is 0 Å². The summed E-state index contributed by atoms with van der Waals surface area (Å²) in [7, 11) is 0. The molecule has 4 aromatic rings. The Labute approximate surface area is 160 Å². The van der Waals surface area contributed by atoms with Crippen LogP contribution in [0, 0.1) is 0 Å². The van der Waals surface area contributed by atoms with E-state index in [0.29, 0.717) is 29.9 Å². The van der Waals surface area contributed by atoms with Gasteiger partial charge in [0.2, 0.25) is 0 Å². The molecule has 0 N–H and O–H groups in total. The topological polar surface area (TPSA) is 9.23 Å². The molecule has 0 spiro atoms. The maximum atomic E-state index is 5.99. The number of ether oxygens (including phenoxy) is 1. The third-order valence-electron chi connectivity index (χ3n) is 4.09. The summed E-state index contributed by atoms with van der Waals surface area (Å²) in [4.78, 5) is 0. The first-order chi connectivity index (χ1) is 12.4. The molecular weight excluding hydrogens is 438 g/mol. The van der Waals surface area contributed by atoms with Crippen LogP contribution in [0.2, 0.25) is 0 Å². The predicted octanol–water partition coefficient (Wildman–Crippen LogP) is 3.28. The van der Waals surface area contributed by atoms with Crippen LogP contribution in [0.15, 0.2) is 84.9 Å². The molecule has 0 fully saturated rings. The summed E-state index contributed by atoms with van der Waals surface area (Å²) >= 11 is 0.714. The van der Waals surface area contributed by atoms with Crippen molar-refractivity contribution in [2.45, 2.75) is 0 Å².